The average Bonchev–Trinajstić information content (AvgIpc) is 2.16. The van der Waals surface area contributed by atoms with Gasteiger partial charge in [-0.25, -0.2) is 0 Å². The highest BCUT2D eigenvalue weighted by Gasteiger charge is 2.28. The van der Waals surface area contributed by atoms with Crippen LogP contribution in [0, 0.1) is 5.41 Å². The van der Waals surface area contributed by atoms with E-state index >= 15 is 0 Å². The van der Waals surface area contributed by atoms with Crippen LogP contribution in [0.4, 0.5) is 0 Å². The highest BCUT2D eigenvalue weighted by molar-refractivity contribution is 7.99. The molecule has 2 nitrogen and oxygen atoms in total. The van der Waals surface area contributed by atoms with Gasteiger partial charge in [-0.05, 0) is 26.7 Å². The number of hydrogen-bond acceptors (Lipinski definition) is 2. The Labute approximate surface area is 90.5 Å². The van der Waals surface area contributed by atoms with Gasteiger partial charge >= 0.3 is 5.97 Å². The van der Waals surface area contributed by atoms with Gasteiger partial charge in [0.25, 0.3) is 0 Å². The number of rotatable bonds is 4. The van der Waals surface area contributed by atoms with E-state index in [-0.39, 0.29) is 0 Å². The van der Waals surface area contributed by atoms with E-state index in [4.69, 9.17) is 5.11 Å². The van der Waals surface area contributed by atoms with Crippen molar-refractivity contribution >= 4 is 17.7 Å². The maximum absolute atomic E-state index is 10.9. The Balaban J connectivity index is 2.28. The fraction of sp³-hybridized carbons (Fsp3) is 0.909. The van der Waals surface area contributed by atoms with Crippen LogP contribution in [-0.2, 0) is 4.79 Å². The molecule has 1 aliphatic rings. The molecule has 1 aliphatic carbocycles. The van der Waals surface area contributed by atoms with Crippen molar-refractivity contribution in [3.8, 4) is 0 Å². The summed E-state index contributed by atoms with van der Waals surface area (Å²) < 4.78 is 0. The molecule has 1 saturated carbocycles. The van der Waals surface area contributed by atoms with Crippen molar-refractivity contribution in [2.45, 2.75) is 51.2 Å². The van der Waals surface area contributed by atoms with Gasteiger partial charge in [-0.1, -0.05) is 19.3 Å². The summed E-state index contributed by atoms with van der Waals surface area (Å²) in [6, 6.07) is 0. The van der Waals surface area contributed by atoms with Gasteiger partial charge in [0.2, 0.25) is 0 Å². The molecule has 1 N–H and O–H groups in total. The second kappa shape index (κ2) is 5.06. The van der Waals surface area contributed by atoms with Crippen molar-refractivity contribution in [1.82, 2.24) is 0 Å². The lowest BCUT2D eigenvalue weighted by Crippen LogP contribution is -2.27. The highest BCUT2D eigenvalue weighted by atomic mass is 32.2. The summed E-state index contributed by atoms with van der Waals surface area (Å²) in [7, 11) is 0. The third-order valence-electron chi connectivity index (χ3n) is 2.81. The standard InChI is InChI=1S/C11H20O2S/c1-11(2,10(12)13)8-14-9-6-4-3-5-7-9/h9H,3-8H2,1-2H3,(H,12,13). The minimum Gasteiger partial charge on any atom is -0.481 e. The smallest absolute Gasteiger partial charge is 0.309 e. The van der Waals surface area contributed by atoms with Gasteiger partial charge in [-0.2, -0.15) is 11.8 Å². The van der Waals surface area contributed by atoms with E-state index in [1.54, 1.807) is 0 Å². The van der Waals surface area contributed by atoms with Crippen LogP contribution < -0.4 is 0 Å². The summed E-state index contributed by atoms with van der Waals surface area (Å²) in [4.78, 5) is 10.9. The molecule has 0 bridgehead atoms. The number of carboxylic acids is 1. The first kappa shape index (κ1) is 11.9. The van der Waals surface area contributed by atoms with E-state index in [9.17, 15) is 4.79 Å². The van der Waals surface area contributed by atoms with Crippen molar-refractivity contribution in [3.05, 3.63) is 0 Å². The first-order valence-corrected chi connectivity index (χ1v) is 6.42. The predicted octanol–water partition coefficient (Wildman–Crippen LogP) is 3.16. The Morgan fingerprint density at radius 2 is 1.93 bits per heavy atom. The van der Waals surface area contributed by atoms with Crippen LogP contribution in [0.3, 0.4) is 0 Å². The predicted molar refractivity (Wildman–Crippen MR) is 60.7 cm³/mol. The number of carboxylic acid groups (broad SMARTS) is 1. The van der Waals surface area contributed by atoms with Crippen LogP contribution in [0.15, 0.2) is 0 Å². The molecule has 0 heterocycles. The van der Waals surface area contributed by atoms with E-state index < -0.39 is 11.4 Å². The van der Waals surface area contributed by atoms with Crippen molar-refractivity contribution in [2.75, 3.05) is 5.75 Å². The van der Waals surface area contributed by atoms with E-state index in [1.165, 1.54) is 32.1 Å². The minimum absolute atomic E-state index is 0.567. The second-order valence-corrected chi connectivity index (χ2v) is 6.05. The quantitative estimate of drug-likeness (QED) is 0.784. The number of aliphatic carboxylic acids is 1. The van der Waals surface area contributed by atoms with Crippen LogP contribution in [0.1, 0.15) is 46.0 Å². The largest absolute Gasteiger partial charge is 0.481 e. The van der Waals surface area contributed by atoms with Crippen molar-refractivity contribution < 1.29 is 9.90 Å². The van der Waals surface area contributed by atoms with Crippen LogP contribution in [0.5, 0.6) is 0 Å². The maximum Gasteiger partial charge on any atom is 0.309 e. The molecular weight excluding hydrogens is 196 g/mol. The lowest BCUT2D eigenvalue weighted by Gasteiger charge is -2.25. The van der Waals surface area contributed by atoms with Crippen molar-refractivity contribution in [2.24, 2.45) is 5.41 Å². The Kier molecular flexibility index (Phi) is 4.30. The van der Waals surface area contributed by atoms with E-state index in [0.29, 0.717) is 5.25 Å². The molecule has 3 heteroatoms. The zero-order valence-corrected chi connectivity index (χ0v) is 9.90. The molecule has 0 amide bonds. The molecule has 1 rings (SSSR count). The minimum atomic E-state index is -0.680. The molecular formula is C11H20O2S. The number of thioether (sulfide) groups is 1. The second-order valence-electron chi connectivity index (χ2n) is 4.76. The summed E-state index contributed by atoms with van der Waals surface area (Å²) in [5.41, 5.74) is -0.567. The molecule has 0 spiro atoms. The van der Waals surface area contributed by atoms with Crippen LogP contribution >= 0.6 is 11.8 Å². The Morgan fingerprint density at radius 3 is 2.43 bits per heavy atom. The van der Waals surface area contributed by atoms with Crippen LogP contribution in [-0.4, -0.2) is 22.1 Å². The zero-order chi connectivity index (χ0) is 10.6. The van der Waals surface area contributed by atoms with Gasteiger partial charge in [0.05, 0.1) is 5.41 Å². The molecule has 14 heavy (non-hydrogen) atoms. The maximum atomic E-state index is 10.9. The highest BCUT2D eigenvalue weighted by Crippen LogP contribution is 2.32. The average molecular weight is 216 g/mol. The molecule has 0 aliphatic heterocycles. The number of hydrogen-bond donors (Lipinski definition) is 1. The fourth-order valence-electron chi connectivity index (χ4n) is 1.62. The van der Waals surface area contributed by atoms with Gasteiger partial charge in [0, 0.05) is 11.0 Å². The molecule has 0 atom stereocenters. The molecule has 0 aromatic rings. The SMILES string of the molecule is CC(C)(CSC1CCCCC1)C(=O)O. The molecule has 82 valence electrons. The molecule has 0 unspecified atom stereocenters. The summed E-state index contributed by atoms with van der Waals surface area (Å²) in [6.45, 7) is 3.62. The lowest BCUT2D eigenvalue weighted by molar-refractivity contribution is -0.145. The first-order valence-electron chi connectivity index (χ1n) is 5.37. The Morgan fingerprint density at radius 1 is 1.36 bits per heavy atom. The van der Waals surface area contributed by atoms with Gasteiger partial charge in [0.15, 0.2) is 0 Å². The molecule has 1 fully saturated rings. The topological polar surface area (TPSA) is 37.3 Å². The third kappa shape index (κ3) is 3.52. The van der Waals surface area contributed by atoms with E-state index in [0.717, 1.165) is 5.75 Å². The fourth-order valence-corrected chi connectivity index (χ4v) is 3.06. The monoisotopic (exact) mass is 216 g/mol. The summed E-state index contributed by atoms with van der Waals surface area (Å²) in [6.07, 6.45) is 6.57. The molecule has 0 radical (unpaired) electrons. The van der Waals surface area contributed by atoms with Crippen LogP contribution in [0.25, 0.3) is 0 Å². The van der Waals surface area contributed by atoms with E-state index in [1.807, 2.05) is 25.6 Å². The Hall–Kier alpha value is -0.180. The number of carbonyl (C=O) groups is 1. The molecule has 0 aromatic heterocycles. The lowest BCUT2D eigenvalue weighted by atomic mass is 9.97. The van der Waals surface area contributed by atoms with Gasteiger partial charge in [0.1, 0.15) is 0 Å². The summed E-state index contributed by atoms with van der Waals surface area (Å²) in [5.74, 6) is 0.0632. The van der Waals surface area contributed by atoms with Gasteiger partial charge < -0.3 is 5.11 Å². The zero-order valence-electron chi connectivity index (χ0n) is 9.08. The Bertz CT molecular complexity index is 195. The normalized spacial score (nSPS) is 19.6. The molecule has 0 aromatic carbocycles. The third-order valence-corrected chi connectivity index (χ3v) is 4.64. The van der Waals surface area contributed by atoms with Crippen molar-refractivity contribution in [3.63, 3.8) is 0 Å². The molecule has 0 saturated heterocycles. The van der Waals surface area contributed by atoms with Crippen molar-refractivity contribution in [1.29, 1.82) is 0 Å². The van der Waals surface area contributed by atoms with E-state index in [2.05, 4.69) is 0 Å². The summed E-state index contributed by atoms with van der Waals surface area (Å²) >= 11 is 1.85. The summed E-state index contributed by atoms with van der Waals surface area (Å²) in [5, 5.41) is 9.67. The van der Waals surface area contributed by atoms with Gasteiger partial charge in [-0.3, -0.25) is 4.79 Å². The first-order chi connectivity index (χ1) is 6.52. The van der Waals surface area contributed by atoms with Crippen LogP contribution in [0.2, 0.25) is 0 Å². The van der Waals surface area contributed by atoms with Gasteiger partial charge in [-0.15, -0.1) is 0 Å².